The lowest BCUT2D eigenvalue weighted by Crippen LogP contribution is -2.87. The second-order valence-electron chi connectivity index (χ2n) is 1.86. The highest BCUT2D eigenvalue weighted by molar-refractivity contribution is 5.63. The van der Waals surface area contributed by atoms with E-state index >= 15 is 0 Å². The van der Waals surface area contributed by atoms with Crippen LogP contribution in [0.2, 0.25) is 0 Å². The summed E-state index contributed by atoms with van der Waals surface area (Å²) < 4.78 is 0. The van der Waals surface area contributed by atoms with E-state index in [0.29, 0.717) is 6.04 Å². The van der Waals surface area contributed by atoms with Crippen molar-refractivity contribution in [3.63, 3.8) is 0 Å². The molecule has 0 unspecified atom stereocenters. The van der Waals surface area contributed by atoms with Crippen LogP contribution < -0.4 is 5.32 Å². The standard InChI is InChI=1S/C5H11N3/c1-5(2)8-4-7-3-6/h3-5H,1-2H3,(H2,6,7,8)/p+1. The van der Waals surface area contributed by atoms with Crippen molar-refractivity contribution in [2.45, 2.75) is 19.9 Å². The Morgan fingerprint density at radius 3 is 2.62 bits per heavy atom. The van der Waals surface area contributed by atoms with Gasteiger partial charge in [-0.2, -0.15) is 4.99 Å². The van der Waals surface area contributed by atoms with E-state index in [0.717, 1.165) is 6.34 Å². The molecular weight excluding hydrogens is 102 g/mol. The van der Waals surface area contributed by atoms with E-state index in [4.69, 9.17) is 5.41 Å². The van der Waals surface area contributed by atoms with Crippen LogP contribution in [0.1, 0.15) is 13.8 Å². The van der Waals surface area contributed by atoms with Gasteiger partial charge in [-0.25, -0.2) is 0 Å². The predicted octanol–water partition coefficient (Wildman–Crippen LogP) is -0.406. The van der Waals surface area contributed by atoms with Crippen LogP contribution >= 0.6 is 0 Å². The molecule has 0 aliphatic rings. The molecule has 0 spiro atoms. The molecule has 0 saturated heterocycles. The molecule has 8 heavy (non-hydrogen) atoms. The third-order valence-corrected chi connectivity index (χ3v) is 0.632. The highest BCUT2D eigenvalue weighted by Gasteiger charge is 1.87. The number of aliphatic imine (C=N–C) groups is 1. The fourth-order valence-electron chi connectivity index (χ4n) is 0.265. The van der Waals surface area contributed by atoms with Crippen LogP contribution in [-0.2, 0) is 0 Å². The van der Waals surface area contributed by atoms with Crippen molar-refractivity contribution in [3.8, 4) is 0 Å². The summed E-state index contributed by atoms with van der Waals surface area (Å²) in [5.41, 5.74) is 0. The van der Waals surface area contributed by atoms with Crippen LogP contribution in [0.3, 0.4) is 0 Å². The molecule has 0 saturated carbocycles. The van der Waals surface area contributed by atoms with Gasteiger partial charge < -0.3 is 5.32 Å². The summed E-state index contributed by atoms with van der Waals surface area (Å²) in [5, 5.41) is 8.44. The van der Waals surface area contributed by atoms with Gasteiger partial charge in [0.25, 0.3) is 0 Å². The number of quaternary nitrogens is 1. The van der Waals surface area contributed by atoms with Crippen molar-refractivity contribution < 1.29 is 5.32 Å². The van der Waals surface area contributed by atoms with E-state index in [1.165, 1.54) is 0 Å². The van der Waals surface area contributed by atoms with Crippen molar-refractivity contribution in [2.75, 3.05) is 0 Å². The first kappa shape index (κ1) is 7.30. The zero-order valence-corrected chi connectivity index (χ0v) is 5.26. The molecule has 0 aromatic carbocycles. The summed E-state index contributed by atoms with van der Waals surface area (Å²) in [7, 11) is 0. The Kier molecular flexibility index (Phi) is 4.07. The van der Waals surface area contributed by atoms with Gasteiger partial charge in [0.05, 0.1) is 6.04 Å². The average molecular weight is 114 g/mol. The van der Waals surface area contributed by atoms with E-state index in [1.54, 1.807) is 6.34 Å². The first-order valence-electron chi connectivity index (χ1n) is 2.63. The third kappa shape index (κ3) is 5.30. The van der Waals surface area contributed by atoms with Gasteiger partial charge in [-0.15, -0.1) is 0 Å². The molecule has 0 aliphatic heterocycles. The van der Waals surface area contributed by atoms with E-state index in [2.05, 4.69) is 18.8 Å². The molecule has 3 nitrogen and oxygen atoms in total. The monoisotopic (exact) mass is 114 g/mol. The fraction of sp³-hybridized carbons (Fsp3) is 0.600. The summed E-state index contributed by atoms with van der Waals surface area (Å²) in [6, 6.07) is 0.527. The van der Waals surface area contributed by atoms with E-state index in [-0.39, 0.29) is 0 Å². The average Bonchev–Trinajstić information content (AvgIpc) is 1.66. The fourth-order valence-corrected chi connectivity index (χ4v) is 0.265. The van der Waals surface area contributed by atoms with Gasteiger partial charge >= 0.3 is 0 Å². The Labute approximate surface area is 49.3 Å². The van der Waals surface area contributed by atoms with Gasteiger partial charge in [-0.3, -0.25) is 5.41 Å². The Hall–Kier alpha value is -0.700. The molecule has 0 atom stereocenters. The Bertz CT molecular complexity index is 85.7. The third-order valence-electron chi connectivity index (χ3n) is 0.632. The zero-order valence-electron chi connectivity index (χ0n) is 5.26. The van der Waals surface area contributed by atoms with E-state index in [9.17, 15) is 0 Å². The van der Waals surface area contributed by atoms with Crippen molar-refractivity contribution in [3.05, 3.63) is 0 Å². The molecule has 0 aromatic heterocycles. The quantitative estimate of drug-likeness (QED) is 0.370. The van der Waals surface area contributed by atoms with Gasteiger partial charge in [-0.05, 0) is 13.8 Å². The number of hydrogen-bond donors (Lipinski definition) is 2. The van der Waals surface area contributed by atoms with Crippen LogP contribution in [-0.4, -0.2) is 18.7 Å². The van der Waals surface area contributed by atoms with Crippen LogP contribution in [0.15, 0.2) is 4.99 Å². The molecule has 0 aliphatic carbocycles. The SMILES string of the molecule is CC(C)[NH2+]C=NC=N. The van der Waals surface area contributed by atoms with Gasteiger partial charge in [0.1, 0.15) is 6.34 Å². The summed E-state index contributed by atoms with van der Waals surface area (Å²) in [4.78, 5) is 3.57. The first-order chi connectivity index (χ1) is 3.77. The molecule has 0 rings (SSSR count). The second kappa shape index (κ2) is 4.46. The van der Waals surface area contributed by atoms with Crippen LogP contribution in [0, 0.1) is 5.41 Å². The Morgan fingerprint density at radius 1 is 1.62 bits per heavy atom. The lowest BCUT2D eigenvalue weighted by Gasteiger charge is -1.93. The molecule has 3 N–H and O–H groups in total. The van der Waals surface area contributed by atoms with Crippen LogP contribution in [0.5, 0.6) is 0 Å². The van der Waals surface area contributed by atoms with Crippen molar-refractivity contribution >= 4 is 12.7 Å². The van der Waals surface area contributed by atoms with Gasteiger partial charge in [0, 0.05) is 0 Å². The smallest absolute Gasteiger partial charge is 0.188 e. The largest absolute Gasteiger partial charge is 0.302 e. The number of nitrogens with zero attached hydrogens (tertiary/aromatic N) is 1. The first-order valence-corrected chi connectivity index (χ1v) is 2.63. The summed E-state index contributed by atoms with van der Waals surface area (Å²) in [6.07, 6.45) is 2.66. The minimum atomic E-state index is 0.527. The van der Waals surface area contributed by atoms with Gasteiger partial charge in [0.2, 0.25) is 0 Å². The molecule has 0 bridgehead atoms. The summed E-state index contributed by atoms with van der Waals surface area (Å²) >= 11 is 0. The lowest BCUT2D eigenvalue weighted by molar-refractivity contribution is -0.563. The second-order valence-corrected chi connectivity index (χ2v) is 1.86. The molecule has 0 fully saturated rings. The summed E-state index contributed by atoms with van der Waals surface area (Å²) in [6.45, 7) is 4.13. The maximum Gasteiger partial charge on any atom is 0.188 e. The van der Waals surface area contributed by atoms with Crippen molar-refractivity contribution in [2.24, 2.45) is 4.99 Å². The zero-order chi connectivity index (χ0) is 6.41. The molecule has 0 aromatic rings. The van der Waals surface area contributed by atoms with Gasteiger partial charge in [-0.1, -0.05) is 0 Å². The molecule has 0 radical (unpaired) electrons. The normalized spacial score (nSPS) is 10.9. The van der Waals surface area contributed by atoms with E-state index in [1.807, 2.05) is 5.32 Å². The van der Waals surface area contributed by atoms with Crippen molar-refractivity contribution in [1.29, 1.82) is 5.41 Å². The number of hydrogen-bond acceptors (Lipinski definition) is 1. The molecular formula is C5H12N3+. The number of nitrogens with two attached hydrogens (primary N) is 1. The minimum Gasteiger partial charge on any atom is -0.302 e. The molecule has 0 heterocycles. The highest BCUT2D eigenvalue weighted by atomic mass is 15.0. The summed E-state index contributed by atoms with van der Waals surface area (Å²) in [5.74, 6) is 0. The predicted molar refractivity (Wildman–Crippen MR) is 34.3 cm³/mol. The van der Waals surface area contributed by atoms with Gasteiger partial charge in [0.15, 0.2) is 6.34 Å². The van der Waals surface area contributed by atoms with Crippen molar-refractivity contribution in [1.82, 2.24) is 0 Å². The van der Waals surface area contributed by atoms with Crippen LogP contribution in [0.25, 0.3) is 0 Å². The minimum absolute atomic E-state index is 0.527. The molecule has 3 heteroatoms. The maximum atomic E-state index is 6.50. The van der Waals surface area contributed by atoms with Crippen LogP contribution in [0.4, 0.5) is 0 Å². The number of nitrogens with one attached hydrogen (secondary N) is 1. The molecule has 0 amide bonds. The van der Waals surface area contributed by atoms with E-state index < -0.39 is 0 Å². The lowest BCUT2D eigenvalue weighted by atomic mass is 10.4. The Balaban J connectivity index is 3.15. The molecule has 46 valence electrons. The maximum absolute atomic E-state index is 6.50. The topological polar surface area (TPSA) is 52.8 Å². The Morgan fingerprint density at radius 2 is 2.25 bits per heavy atom. The highest BCUT2D eigenvalue weighted by Crippen LogP contribution is 1.57. The number of rotatable bonds is 3.